The summed E-state index contributed by atoms with van der Waals surface area (Å²) < 4.78 is 13.4. The van der Waals surface area contributed by atoms with Crippen LogP contribution in [-0.4, -0.2) is 21.9 Å². The van der Waals surface area contributed by atoms with Crippen molar-refractivity contribution in [3.63, 3.8) is 0 Å². The van der Waals surface area contributed by atoms with Gasteiger partial charge in [-0.2, -0.15) is 0 Å². The molecule has 1 aliphatic carbocycles. The SMILES string of the molecule is CC(C)[C@@H]1CC[C@@H](C)C[C@H]1[PH](=O)CP(C(C)(C)C)C(C)(C)C. The van der Waals surface area contributed by atoms with Gasteiger partial charge < -0.3 is 4.57 Å². The third-order valence-corrected chi connectivity index (χ3v) is 12.6. The normalized spacial score (nSPS) is 29.1. The Morgan fingerprint density at radius 3 is 1.95 bits per heavy atom. The molecule has 1 aliphatic rings. The molecular weight excluding hydrogens is 306 g/mol. The first-order chi connectivity index (χ1) is 9.84. The third-order valence-electron chi connectivity index (χ3n) is 5.37. The molecule has 132 valence electrons. The molecule has 0 aromatic rings. The van der Waals surface area contributed by atoms with Crippen LogP contribution in [0.25, 0.3) is 0 Å². The van der Waals surface area contributed by atoms with Gasteiger partial charge in [0.25, 0.3) is 0 Å². The van der Waals surface area contributed by atoms with Crippen LogP contribution in [0.15, 0.2) is 0 Å². The van der Waals surface area contributed by atoms with Gasteiger partial charge in [0.2, 0.25) is 0 Å². The molecule has 0 spiro atoms. The predicted octanol–water partition coefficient (Wildman–Crippen LogP) is 7.04. The summed E-state index contributed by atoms with van der Waals surface area (Å²) in [5.74, 6) is 3.15. The molecule has 3 heteroatoms. The lowest BCUT2D eigenvalue weighted by Gasteiger charge is -2.44. The molecular formula is C19H40OP2. The fraction of sp³-hybridized carbons (Fsp3) is 1.00. The van der Waals surface area contributed by atoms with Crippen molar-refractivity contribution in [1.29, 1.82) is 0 Å². The Morgan fingerprint density at radius 2 is 1.55 bits per heavy atom. The Kier molecular flexibility index (Phi) is 7.24. The highest BCUT2D eigenvalue weighted by Crippen LogP contribution is 2.65. The van der Waals surface area contributed by atoms with Gasteiger partial charge in [-0.1, -0.05) is 76.7 Å². The summed E-state index contributed by atoms with van der Waals surface area (Å²) in [5, 5.41) is 0.586. The van der Waals surface area contributed by atoms with Gasteiger partial charge in [-0.15, -0.1) is 0 Å². The summed E-state index contributed by atoms with van der Waals surface area (Å²) in [5.41, 5.74) is 0.503. The molecule has 0 saturated heterocycles. The van der Waals surface area contributed by atoms with Gasteiger partial charge in [0, 0.05) is 11.6 Å². The topological polar surface area (TPSA) is 17.1 Å². The van der Waals surface area contributed by atoms with E-state index in [1.165, 1.54) is 19.3 Å². The summed E-state index contributed by atoms with van der Waals surface area (Å²) in [6.07, 6.45) is 3.84. The zero-order chi connectivity index (χ0) is 17.3. The smallest absolute Gasteiger partial charge is 0.0835 e. The lowest BCUT2D eigenvalue weighted by atomic mass is 9.77. The van der Waals surface area contributed by atoms with Crippen molar-refractivity contribution in [3.8, 4) is 0 Å². The van der Waals surface area contributed by atoms with Gasteiger partial charge in [-0.05, 0) is 40.9 Å². The van der Waals surface area contributed by atoms with Crippen molar-refractivity contribution in [2.75, 3.05) is 5.90 Å². The van der Waals surface area contributed by atoms with E-state index in [1.807, 2.05) is 0 Å². The summed E-state index contributed by atoms with van der Waals surface area (Å²) in [6.45, 7) is 21.1. The highest BCUT2D eigenvalue weighted by atomic mass is 31.2. The Balaban J connectivity index is 2.92. The van der Waals surface area contributed by atoms with E-state index in [1.54, 1.807) is 0 Å². The molecule has 1 unspecified atom stereocenters. The van der Waals surface area contributed by atoms with Crippen LogP contribution >= 0.6 is 15.7 Å². The van der Waals surface area contributed by atoms with Crippen LogP contribution in [0.1, 0.15) is 81.6 Å². The molecule has 0 amide bonds. The molecule has 0 bridgehead atoms. The predicted molar refractivity (Wildman–Crippen MR) is 105 cm³/mol. The van der Waals surface area contributed by atoms with Crippen LogP contribution in [0.2, 0.25) is 0 Å². The van der Waals surface area contributed by atoms with Crippen LogP contribution in [0, 0.1) is 17.8 Å². The molecule has 22 heavy (non-hydrogen) atoms. The zero-order valence-electron chi connectivity index (χ0n) is 16.5. The van der Waals surface area contributed by atoms with E-state index in [2.05, 4.69) is 62.3 Å². The van der Waals surface area contributed by atoms with Crippen molar-refractivity contribution >= 4 is 15.7 Å². The third kappa shape index (κ3) is 5.63. The van der Waals surface area contributed by atoms with E-state index in [0.717, 1.165) is 11.8 Å². The average Bonchev–Trinajstić information content (AvgIpc) is 2.32. The second-order valence-corrected chi connectivity index (χ2v) is 16.3. The van der Waals surface area contributed by atoms with Crippen LogP contribution < -0.4 is 0 Å². The second-order valence-electron chi connectivity index (χ2n) is 9.83. The largest absolute Gasteiger partial charge is 0.326 e. The van der Waals surface area contributed by atoms with Gasteiger partial charge >= 0.3 is 0 Å². The lowest BCUT2D eigenvalue weighted by Crippen LogP contribution is -2.31. The molecule has 1 saturated carbocycles. The lowest BCUT2D eigenvalue weighted by molar-refractivity contribution is 0.238. The molecule has 4 atom stereocenters. The summed E-state index contributed by atoms with van der Waals surface area (Å²) in [6, 6.07) is 0. The maximum Gasteiger partial charge on any atom is 0.0835 e. The Morgan fingerprint density at radius 1 is 1.05 bits per heavy atom. The highest BCUT2D eigenvalue weighted by Gasteiger charge is 2.39. The molecule has 0 aliphatic heterocycles. The Bertz CT molecular complexity index is 362. The van der Waals surface area contributed by atoms with Crippen molar-refractivity contribution in [1.82, 2.24) is 0 Å². The van der Waals surface area contributed by atoms with Crippen molar-refractivity contribution < 1.29 is 4.57 Å². The van der Waals surface area contributed by atoms with E-state index in [-0.39, 0.29) is 7.92 Å². The number of hydrogen-bond acceptors (Lipinski definition) is 1. The first-order valence-corrected chi connectivity index (χ1v) is 12.4. The fourth-order valence-corrected chi connectivity index (χ4v) is 14.0. The molecule has 0 aromatic carbocycles. The maximum atomic E-state index is 13.4. The molecule has 0 radical (unpaired) electrons. The van der Waals surface area contributed by atoms with Gasteiger partial charge in [-0.3, -0.25) is 0 Å². The quantitative estimate of drug-likeness (QED) is 0.499. The summed E-state index contributed by atoms with van der Waals surface area (Å²) >= 11 is 0. The van der Waals surface area contributed by atoms with Gasteiger partial charge in [0.05, 0.1) is 7.80 Å². The summed E-state index contributed by atoms with van der Waals surface area (Å²) in [7, 11) is -1.73. The molecule has 1 rings (SSSR count). The van der Waals surface area contributed by atoms with Crippen molar-refractivity contribution in [2.24, 2.45) is 17.8 Å². The van der Waals surface area contributed by atoms with E-state index in [4.69, 9.17) is 0 Å². The summed E-state index contributed by atoms with van der Waals surface area (Å²) in [4.78, 5) is 0. The fourth-order valence-electron chi connectivity index (χ4n) is 4.33. The van der Waals surface area contributed by atoms with Crippen LogP contribution in [0.5, 0.6) is 0 Å². The highest BCUT2D eigenvalue weighted by molar-refractivity contribution is 7.71. The van der Waals surface area contributed by atoms with Crippen molar-refractivity contribution in [3.05, 3.63) is 0 Å². The minimum Gasteiger partial charge on any atom is -0.326 e. The maximum absolute atomic E-state index is 13.4. The molecule has 1 fully saturated rings. The average molecular weight is 346 g/mol. The second kappa shape index (κ2) is 7.70. The standard InChI is InChI=1S/C19H40OP2/c1-14(2)16-11-10-15(3)12-17(16)21(20)13-22(18(4,5)6)19(7,8)9/h14-17,21H,10-13H2,1-9H3/t15-,16+,17-/m1/s1. The molecule has 1 nitrogen and oxygen atoms in total. The zero-order valence-corrected chi connectivity index (χ0v) is 18.4. The van der Waals surface area contributed by atoms with E-state index in [0.29, 0.717) is 27.8 Å². The van der Waals surface area contributed by atoms with Crippen LogP contribution in [-0.2, 0) is 4.57 Å². The van der Waals surface area contributed by atoms with Gasteiger partial charge in [-0.25, -0.2) is 0 Å². The monoisotopic (exact) mass is 346 g/mol. The van der Waals surface area contributed by atoms with E-state index >= 15 is 0 Å². The van der Waals surface area contributed by atoms with Crippen LogP contribution in [0.4, 0.5) is 0 Å². The Labute approximate surface area is 142 Å². The molecule has 0 heterocycles. The van der Waals surface area contributed by atoms with Gasteiger partial charge in [0.15, 0.2) is 0 Å². The van der Waals surface area contributed by atoms with Gasteiger partial charge in [0.1, 0.15) is 0 Å². The first kappa shape index (κ1) is 20.7. The minimum atomic E-state index is -1.50. The first-order valence-electron chi connectivity index (χ1n) is 9.14. The molecule has 0 N–H and O–H groups in total. The number of rotatable bonds is 4. The van der Waals surface area contributed by atoms with Crippen LogP contribution in [0.3, 0.4) is 0 Å². The van der Waals surface area contributed by atoms with E-state index in [9.17, 15) is 4.57 Å². The minimum absolute atomic E-state index is 0.227. The molecule has 0 aromatic heterocycles. The van der Waals surface area contributed by atoms with Crippen molar-refractivity contribution in [2.45, 2.75) is 97.5 Å². The Hall–Kier alpha value is 0.660. The number of hydrogen-bond donors (Lipinski definition) is 0. The van der Waals surface area contributed by atoms with E-state index < -0.39 is 7.80 Å².